The van der Waals surface area contributed by atoms with Crippen molar-refractivity contribution in [2.75, 3.05) is 6.54 Å². The lowest BCUT2D eigenvalue weighted by atomic mass is 9.96. The Bertz CT molecular complexity index is 1170. The van der Waals surface area contributed by atoms with Gasteiger partial charge in [0.05, 0.1) is 13.1 Å². The van der Waals surface area contributed by atoms with Crippen LogP contribution in [-0.2, 0) is 19.5 Å². The van der Waals surface area contributed by atoms with E-state index >= 15 is 0 Å². The summed E-state index contributed by atoms with van der Waals surface area (Å²) in [6, 6.07) is 21.2. The second-order valence-corrected chi connectivity index (χ2v) is 7.91. The van der Waals surface area contributed by atoms with Crippen LogP contribution in [0.3, 0.4) is 0 Å². The lowest BCUT2D eigenvalue weighted by Gasteiger charge is -2.32. The fourth-order valence-corrected chi connectivity index (χ4v) is 4.36. The standard InChI is InChI=1S/C24H21F2N5/c25-21-9-5-17(6-10-21)15-31-24(27-28-29-31)23(19-7-11-22(26)12-8-19)30-14-13-18-3-1-2-4-20(18)16-30/h1-12,23H,13-16H2/p+1/t23-/m0/s1. The number of quaternary nitrogens is 1. The summed E-state index contributed by atoms with van der Waals surface area (Å²) in [6.45, 7) is 2.19. The molecule has 0 amide bonds. The van der Waals surface area contributed by atoms with Crippen LogP contribution in [0.25, 0.3) is 0 Å². The van der Waals surface area contributed by atoms with Crippen molar-refractivity contribution in [1.82, 2.24) is 20.2 Å². The lowest BCUT2D eigenvalue weighted by molar-refractivity contribution is -0.941. The van der Waals surface area contributed by atoms with Crippen molar-refractivity contribution in [3.8, 4) is 0 Å². The summed E-state index contributed by atoms with van der Waals surface area (Å²) in [6.07, 6.45) is 0.961. The second-order valence-electron chi connectivity index (χ2n) is 7.91. The van der Waals surface area contributed by atoms with Crippen molar-refractivity contribution < 1.29 is 13.7 Å². The van der Waals surface area contributed by atoms with Gasteiger partial charge in [-0.3, -0.25) is 0 Å². The third-order valence-corrected chi connectivity index (χ3v) is 5.93. The fourth-order valence-electron chi connectivity index (χ4n) is 4.36. The van der Waals surface area contributed by atoms with E-state index in [1.807, 2.05) is 12.1 Å². The SMILES string of the molecule is Fc1ccc(Cn2nnnc2[C@H](c2ccc(F)cc2)[NH+]2CCc3ccccc3C2)cc1. The molecule has 0 radical (unpaired) electrons. The van der Waals surface area contributed by atoms with Crippen LogP contribution in [-0.4, -0.2) is 26.8 Å². The van der Waals surface area contributed by atoms with Crippen molar-refractivity contribution in [2.24, 2.45) is 0 Å². The van der Waals surface area contributed by atoms with Gasteiger partial charge in [-0.15, -0.1) is 5.10 Å². The topological polar surface area (TPSA) is 48.0 Å². The predicted octanol–water partition coefficient (Wildman–Crippen LogP) is 2.73. The smallest absolute Gasteiger partial charge is 0.214 e. The van der Waals surface area contributed by atoms with E-state index in [4.69, 9.17) is 0 Å². The molecule has 1 unspecified atom stereocenters. The Labute approximate surface area is 178 Å². The predicted molar refractivity (Wildman–Crippen MR) is 111 cm³/mol. The molecule has 4 aromatic rings. The Kier molecular flexibility index (Phi) is 5.26. The van der Waals surface area contributed by atoms with E-state index in [9.17, 15) is 8.78 Å². The first kappa shape index (κ1) is 19.5. The molecule has 0 spiro atoms. The van der Waals surface area contributed by atoms with Gasteiger partial charge in [-0.2, -0.15) is 0 Å². The summed E-state index contributed by atoms with van der Waals surface area (Å²) in [5.41, 5.74) is 4.56. The second kappa shape index (κ2) is 8.35. The maximum absolute atomic E-state index is 13.6. The molecular weight excluding hydrogens is 396 g/mol. The molecule has 0 fully saturated rings. The van der Waals surface area contributed by atoms with Crippen LogP contribution < -0.4 is 4.90 Å². The first-order chi connectivity index (χ1) is 15.2. The van der Waals surface area contributed by atoms with Crippen LogP contribution in [0.1, 0.15) is 34.1 Å². The number of nitrogens with one attached hydrogen (secondary N) is 1. The molecule has 0 aliphatic carbocycles. The summed E-state index contributed by atoms with van der Waals surface area (Å²) >= 11 is 0. The molecule has 1 N–H and O–H groups in total. The summed E-state index contributed by atoms with van der Waals surface area (Å²) in [4.78, 5) is 1.31. The van der Waals surface area contributed by atoms with Gasteiger partial charge >= 0.3 is 0 Å². The Balaban J connectivity index is 1.52. The van der Waals surface area contributed by atoms with Crippen LogP contribution in [0.5, 0.6) is 0 Å². The highest BCUT2D eigenvalue weighted by atomic mass is 19.1. The molecule has 2 heterocycles. The number of aromatic nitrogens is 4. The number of rotatable bonds is 5. The number of fused-ring (bicyclic) bond motifs is 1. The van der Waals surface area contributed by atoms with Gasteiger partial charge in [-0.25, -0.2) is 13.5 Å². The van der Waals surface area contributed by atoms with Crippen molar-refractivity contribution in [3.05, 3.63) is 113 Å². The van der Waals surface area contributed by atoms with E-state index in [2.05, 4.69) is 39.8 Å². The fraction of sp³-hybridized carbons (Fsp3) is 0.208. The van der Waals surface area contributed by atoms with Gasteiger partial charge in [0.25, 0.3) is 0 Å². The highest BCUT2D eigenvalue weighted by Crippen LogP contribution is 2.21. The maximum atomic E-state index is 13.6. The zero-order chi connectivity index (χ0) is 21.2. The first-order valence-electron chi connectivity index (χ1n) is 10.3. The number of hydrogen-bond acceptors (Lipinski definition) is 3. The minimum absolute atomic E-state index is 0.149. The Morgan fingerprint density at radius 2 is 1.55 bits per heavy atom. The normalized spacial score (nSPS) is 16.6. The van der Waals surface area contributed by atoms with E-state index in [1.165, 1.54) is 40.3 Å². The molecule has 0 saturated heterocycles. The highest BCUT2D eigenvalue weighted by molar-refractivity contribution is 5.29. The summed E-state index contributed by atoms with van der Waals surface area (Å²) < 4.78 is 28.7. The molecule has 1 aliphatic heterocycles. The molecule has 5 nitrogen and oxygen atoms in total. The molecule has 5 rings (SSSR count). The molecule has 2 atom stereocenters. The van der Waals surface area contributed by atoms with Crippen LogP contribution in [0.2, 0.25) is 0 Å². The molecule has 1 aliphatic rings. The summed E-state index contributed by atoms with van der Waals surface area (Å²) in [5.74, 6) is 0.166. The average molecular weight is 418 g/mol. The van der Waals surface area contributed by atoms with E-state index < -0.39 is 0 Å². The van der Waals surface area contributed by atoms with E-state index in [0.29, 0.717) is 12.4 Å². The van der Waals surface area contributed by atoms with Gasteiger partial charge < -0.3 is 4.90 Å². The average Bonchev–Trinajstić information content (AvgIpc) is 3.24. The third-order valence-electron chi connectivity index (χ3n) is 5.93. The number of halogens is 2. The van der Waals surface area contributed by atoms with Crippen molar-refractivity contribution in [1.29, 1.82) is 0 Å². The summed E-state index contributed by atoms with van der Waals surface area (Å²) in [7, 11) is 0. The van der Waals surface area contributed by atoms with Crippen molar-refractivity contribution in [2.45, 2.75) is 25.6 Å². The molecule has 7 heteroatoms. The van der Waals surface area contributed by atoms with E-state index in [-0.39, 0.29) is 17.7 Å². The highest BCUT2D eigenvalue weighted by Gasteiger charge is 2.34. The zero-order valence-corrected chi connectivity index (χ0v) is 16.9. The van der Waals surface area contributed by atoms with Gasteiger partial charge in [-0.05, 0) is 58.0 Å². The molecule has 0 bridgehead atoms. The lowest BCUT2D eigenvalue weighted by Crippen LogP contribution is -3.12. The van der Waals surface area contributed by atoms with E-state index in [0.717, 1.165) is 30.6 Å². The molecule has 3 aromatic carbocycles. The minimum atomic E-state index is -0.277. The molecule has 0 saturated carbocycles. The third kappa shape index (κ3) is 4.09. The van der Waals surface area contributed by atoms with Gasteiger partial charge in [0.15, 0.2) is 6.04 Å². The quantitative estimate of drug-likeness (QED) is 0.542. The molecule has 156 valence electrons. The molecule has 1 aromatic heterocycles. The largest absolute Gasteiger partial charge is 0.318 e. The van der Waals surface area contributed by atoms with Gasteiger partial charge in [0.2, 0.25) is 5.82 Å². The van der Waals surface area contributed by atoms with Crippen molar-refractivity contribution >= 4 is 0 Å². The first-order valence-corrected chi connectivity index (χ1v) is 10.3. The van der Waals surface area contributed by atoms with E-state index in [1.54, 1.807) is 16.8 Å². The maximum Gasteiger partial charge on any atom is 0.214 e. The molecule has 31 heavy (non-hydrogen) atoms. The van der Waals surface area contributed by atoms with Crippen LogP contribution in [0.4, 0.5) is 8.78 Å². The number of tetrazole rings is 1. The van der Waals surface area contributed by atoms with Crippen molar-refractivity contribution in [3.63, 3.8) is 0 Å². The Hall–Kier alpha value is -3.45. The number of nitrogens with zero attached hydrogens (tertiary/aromatic N) is 4. The Morgan fingerprint density at radius 3 is 2.29 bits per heavy atom. The van der Waals surface area contributed by atoms with Crippen LogP contribution in [0, 0.1) is 11.6 Å². The monoisotopic (exact) mass is 418 g/mol. The Morgan fingerprint density at radius 1 is 0.871 bits per heavy atom. The number of benzene rings is 3. The van der Waals surface area contributed by atoms with Gasteiger partial charge in [-0.1, -0.05) is 36.4 Å². The van der Waals surface area contributed by atoms with Crippen LogP contribution >= 0.6 is 0 Å². The van der Waals surface area contributed by atoms with Crippen LogP contribution in [0.15, 0.2) is 72.8 Å². The van der Waals surface area contributed by atoms with Gasteiger partial charge in [0, 0.05) is 17.5 Å². The minimum Gasteiger partial charge on any atom is -0.318 e. The molecular formula is C24H22F2N5+. The zero-order valence-electron chi connectivity index (χ0n) is 16.9. The van der Waals surface area contributed by atoms with Gasteiger partial charge in [0.1, 0.15) is 18.2 Å². The summed E-state index contributed by atoms with van der Waals surface area (Å²) in [5, 5.41) is 12.5. The number of hydrogen-bond donors (Lipinski definition) is 1.